The Morgan fingerprint density at radius 3 is 2.53 bits per heavy atom. The highest BCUT2D eigenvalue weighted by Gasteiger charge is 2.31. The van der Waals surface area contributed by atoms with Gasteiger partial charge in [0.15, 0.2) is 0 Å². The summed E-state index contributed by atoms with van der Waals surface area (Å²) >= 11 is 0. The predicted octanol–water partition coefficient (Wildman–Crippen LogP) is 2.99. The molecule has 0 radical (unpaired) electrons. The first-order chi connectivity index (χ1) is 15.3. The monoisotopic (exact) mass is 445 g/mol. The van der Waals surface area contributed by atoms with Crippen LogP contribution in [0.25, 0.3) is 10.9 Å². The van der Waals surface area contributed by atoms with E-state index in [0.717, 1.165) is 12.3 Å². The summed E-state index contributed by atoms with van der Waals surface area (Å²) in [5, 5.41) is 3.49. The van der Waals surface area contributed by atoms with Crippen molar-refractivity contribution in [3.63, 3.8) is 0 Å². The van der Waals surface area contributed by atoms with Crippen molar-refractivity contribution in [2.75, 3.05) is 18.0 Å². The number of carbonyl (C=O) groups excluding carboxylic acids is 1. The zero-order valence-electron chi connectivity index (χ0n) is 17.2. The Balaban J connectivity index is 1.27. The summed E-state index contributed by atoms with van der Waals surface area (Å²) in [7, 11) is 0. The molecular weight excluding hydrogens is 423 g/mol. The molecule has 2 aromatic heterocycles. The van der Waals surface area contributed by atoms with Gasteiger partial charge in [-0.2, -0.15) is 13.2 Å². The maximum absolute atomic E-state index is 12.7. The number of para-hydroxylation sites is 1. The molecule has 4 rings (SSSR count). The minimum atomic E-state index is -4.41. The maximum Gasteiger partial charge on any atom is 0.417 e. The Morgan fingerprint density at radius 2 is 1.84 bits per heavy atom. The average Bonchev–Trinajstić information content (AvgIpc) is 2.79. The second-order valence-corrected chi connectivity index (χ2v) is 7.74. The molecule has 10 heteroatoms. The van der Waals surface area contributed by atoms with Crippen molar-refractivity contribution in [2.24, 2.45) is 0 Å². The van der Waals surface area contributed by atoms with Crippen molar-refractivity contribution >= 4 is 22.6 Å². The average molecular weight is 445 g/mol. The first kappa shape index (κ1) is 21.8. The van der Waals surface area contributed by atoms with Crippen LogP contribution in [0.4, 0.5) is 19.0 Å². The third kappa shape index (κ3) is 4.90. The smallest absolute Gasteiger partial charge is 0.356 e. The predicted molar refractivity (Wildman–Crippen MR) is 113 cm³/mol. The number of halogens is 3. The molecule has 1 aliphatic rings. The maximum atomic E-state index is 12.7. The van der Waals surface area contributed by atoms with Crippen LogP contribution in [0.2, 0.25) is 0 Å². The number of aryl methyl sites for hydroxylation is 1. The van der Waals surface area contributed by atoms with Crippen molar-refractivity contribution in [2.45, 2.75) is 38.0 Å². The second kappa shape index (κ2) is 8.97. The molecule has 1 saturated heterocycles. The van der Waals surface area contributed by atoms with Gasteiger partial charge in [0, 0.05) is 38.3 Å². The summed E-state index contributed by atoms with van der Waals surface area (Å²) in [6.45, 7) is 1.39. The van der Waals surface area contributed by atoms with Gasteiger partial charge in [0.1, 0.15) is 5.82 Å². The van der Waals surface area contributed by atoms with E-state index in [9.17, 15) is 22.8 Å². The lowest BCUT2D eigenvalue weighted by Gasteiger charge is -2.33. The number of alkyl halides is 3. The van der Waals surface area contributed by atoms with Gasteiger partial charge in [0.2, 0.25) is 5.91 Å². The number of amides is 1. The number of hydrogen-bond donors (Lipinski definition) is 1. The molecule has 0 aliphatic carbocycles. The van der Waals surface area contributed by atoms with Gasteiger partial charge in [-0.3, -0.25) is 14.2 Å². The Morgan fingerprint density at radius 1 is 1.09 bits per heavy atom. The third-order valence-electron chi connectivity index (χ3n) is 5.57. The van der Waals surface area contributed by atoms with E-state index in [1.54, 1.807) is 18.2 Å². The van der Waals surface area contributed by atoms with E-state index in [4.69, 9.17) is 0 Å². The van der Waals surface area contributed by atoms with Crippen LogP contribution >= 0.6 is 0 Å². The fraction of sp³-hybridized carbons (Fsp3) is 0.364. The van der Waals surface area contributed by atoms with Gasteiger partial charge in [-0.05, 0) is 37.1 Å². The molecule has 7 nitrogen and oxygen atoms in total. The Hall–Kier alpha value is -3.43. The first-order valence-corrected chi connectivity index (χ1v) is 10.3. The van der Waals surface area contributed by atoms with Crippen molar-refractivity contribution in [1.29, 1.82) is 0 Å². The highest BCUT2D eigenvalue weighted by molar-refractivity contribution is 5.77. The molecule has 1 fully saturated rings. The zero-order valence-corrected chi connectivity index (χ0v) is 17.2. The number of rotatable bonds is 5. The number of pyridine rings is 1. The SMILES string of the molecule is O=C(CCn1cnc2ccccc2c1=O)NC1CCN(c2ccc(C(F)(F)F)cn2)CC1. The van der Waals surface area contributed by atoms with E-state index in [2.05, 4.69) is 15.3 Å². The van der Waals surface area contributed by atoms with Crippen LogP contribution in [0.5, 0.6) is 0 Å². The summed E-state index contributed by atoms with van der Waals surface area (Å²) in [6.07, 6.45) is -0.643. The van der Waals surface area contributed by atoms with Crippen LogP contribution < -0.4 is 15.8 Å². The van der Waals surface area contributed by atoms with Gasteiger partial charge < -0.3 is 10.2 Å². The van der Waals surface area contributed by atoms with Gasteiger partial charge >= 0.3 is 6.18 Å². The van der Waals surface area contributed by atoms with Crippen LogP contribution in [0, 0.1) is 0 Å². The van der Waals surface area contributed by atoms with Crippen LogP contribution in [0.3, 0.4) is 0 Å². The standard InChI is InChI=1S/C22H22F3N5O2/c23-22(24,25)15-5-6-19(26-13-15)29-10-7-16(8-11-29)28-20(31)9-12-30-14-27-18-4-2-1-3-17(18)21(30)32/h1-6,13-14,16H,7-12H2,(H,28,31). The molecule has 3 aromatic rings. The van der Waals surface area contributed by atoms with Crippen molar-refractivity contribution in [1.82, 2.24) is 19.9 Å². The van der Waals surface area contributed by atoms with Gasteiger partial charge in [-0.15, -0.1) is 0 Å². The van der Waals surface area contributed by atoms with E-state index in [0.29, 0.717) is 42.7 Å². The van der Waals surface area contributed by atoms with E-state index in [1.165, 1.54) is 17.0 Å². The van der Waals surface area contributed by atoms with Crippen LogP contribution in [0.1, 0.15) is 24.8 Å². The molecule has 1 aliphatic heterocycles. The van der Waals surface area contributed by atoms with Crippen LogP contribution in [0.15, 0.2) is 53.7 Å². The summed E-state index contributed by atoms with van der Waals surface area (Å²) in [4.78, 5) is 34.9. The Bertz CT molecular complexity index is 1150. The summed E-state index contributed by atoms with van der Waals surface area (Å²) in [5.74, 6) is 0.335. The molecule has 1 amide bonds. The molecule has 0 saturated carbocycles. The lowest BCUT2D eigenvalue weighted by molar-refractivity contribution is -0.137. The molecular formula is C22H22F3N5O2. The lowest BCUT2D eigenvalue weighted by atomic mass is 10.0. The normalized spacial score (nSPS) is 15.2. The Labute approximate surface area is 181 Å². The number of aromatic nitrogens is 3. The third-order valence-corrected chi connectivity index (χ3v) is 5.57. The number of benzene rings is 1. The van der Waals surface area contributed by atoms with Gasteiger partial charge in [-0.25, -0.2) is 9.97 Å². The molecule has 0 bridgehead atoms. The zero-order chi connectivity index (χ0) is 22.7. The summed E-state index contributed by atoms with van der Waals surface area (Å²) in [5.41, 5.74) is -0.336. The fourth-order valence-corrected chi connectivity index (χ4v) is 3.78. The molecule has 1 N–H and O–H groups in total. The molecule has 3 heterocycles. The molecule has 0 atom stereocenters. The van der Waals surface area contributed by atoms with E-state index < -0.39 is 11.7 Å². The summed E-state index contributed by atoms with van der Waals surface area (Å²) in [6, 6.07) is 9.43. The number of piperidine rings is 1. The first-order valence-electron chi connectivity index (χ1n) is 10.3. The van der Waals surface area contributed by atoms with Crippen molar-refractivity contribution in [3.8, 4) is 0 Å². The Kier molecular flexibility index (Phi) is 6.11. The minimum Gasteiger partial charge on any atom is -0.356 e. The van der Waals surface area contributed by atoms with E-state index in [1.807, 2.05) is 11.0 Å². The minimum absolute atomic E-state index is 0.0281. The largest absolute Gasteiger partial charge is 0.417 e. The quantitative estimate of drug-likeness (QED) is 0.653. The van der Waals surface area contributed by atoms with Gasteiger partial charge in [0.25, 0.3) is 5.56 Å². The molecule has 1 aromatic carbocycles. The molecule has 32 heavy (non-hydrogen) atoms. The summed E-state index contributed by atoms with van der Waals surface area (Å²) < 4.78 is 39.5. The van der Waals surface area contributed by atoms with Crippen LogP contribution in [-0.4, -0.2) is 39.6 Å². The number of carbonyl (C=O) groups is 1. The van der Waals surface area contributed by atoms with Crippen molar-refractivity contribution < 1.29 is 18.0 Å². The fourth-order valence-electron chi connectivity index (χ4n) is 3.78. The van der Waals surface area contributed by atoms with Crippen LogP contribution in [-0.2, 0) is 17.5 Å². The number of nitrogens with zero attached hydrogens (tertiary/aromatic N) is 4. The lowest BCUT2D eigenvalue weighted by Crippen LogP contribution is -2.45. The van der Waals surface area contributed by atoms with Crippen molar-refractivity contribution in [3.05, 3.63) is 64.8 Å². The number of hydrogen-bond acceptors (Lipinski definition) is 5. The molecule has 168 valence electrons. The topological polar surface area (TPSA) is 80.1 Å². The number of fused-ring (bicyclic) bond motifs is 1. The van der Waals surface area contributed by atoms with E-state index >= 15 is 0 Å². The van der Waals surface area contributed by atoms with Gasteiger partial charge in [0.05, 0.1) is 22.8 Å². The number of anilines is 1. The van der Waals surface area contributed by atoms with E-state index in [-0.39, 0.29) is 30.5 Å². The highest BCUT2D eigenvalue weighted by atomic mass is 19.4. The number of nitrogens with one attached hydrogen (secondary N) is 1. The molecule has 0 unspecified atom stereocenters. The second-order valence-electron chi connectivity index (χ2n) is 7.74. The molecule has 0 spiro atoms. The van der Waals surface area contributed by atoms with Gasteiger partial charge in [-0.1, -0.05) is 12.1 Å². The highest BCUT2D eigenvalue weighted by Crippen LogP contribution is 2.29.